The maximum atomic E-state index is 14.4. The summed E-state index contributed by atoms with van der Waals surface area (Å²) in [6.45, 7) is -1.03. The summed E-state index contributed by atoms with van der Waals surface area (Å²) in [4.78, 5) is 53.2. The number of ketones is 1. The lowest BCUT2D eigenvalue weighted by atomic mass is 10.1. The van der Waals surface area contributed by atoms with Crippen LogP contribution in [0.4, 0.5) is 15.8 Å². The fourth-order valence-electron chi connectivity index (χ4n) is 4.05. The number of rotatable bonds is 7. The van der Waals surface area contributed by atoms with Crippen LogP contribution in [0.3, 0.4) is 0 Å². The van der Waals surface area contributed by atoms with Gasteiger partial charge in [0.15, 0.2) is 11.5 Å². The Balaban J connectivity index is 1.35. The van der Waals surface area contributed by atoms with Gasteiger partial charge in [0.2, 0.25) is 18.6 Å². The summed E-state index contributed by atoms with van der Waals surface area (Å²) in [5, 5.41) is 2.69. The van der Waals surface area contributed by atoms with Crippen molar-refractivity contribution in [1.29, 1.82) is 0 Å². The molecule has 1 N–H and O–H groups in total. The molecular formula is C26H20FN3O6. The maximum absolute atomic E-state index is 14.4. The lowest BCUT2D eigenvalue weighted by Crippen LogP contribution is -2.45. The van der Waals surface area contributed by atoms with Gasteiger partial charge in [0.05, 0.1) is 11.3 Å². The zero-order valence-electron chi connectivity index (χ0n) is 18.9. The monoisotopic (exact) mass is 489 g/mol. The summed E-state index contributed by atoms with van der Waals surface area (Å²) in [6, 6.07) is 17.1. The average molecular weight is 489 g/mol. The summed E-state index contributed by atoms with van der Waals surface area (Å²) < 4.78 is 24.9. The Hall–Kier alpha value is -4.73. The van der Waals surface area contributed by atoms with Crippen molar-refractivity contribution in [2.45, 2.75) is 6.54 Å². The van der Waals surface area contributed by atoms with Crippen molar-refractivity contribution >= 4 is 34.9 Å². The van der Waals surface area contributed by atoms with Gasteiger partial charge in [-0.15, -0.1) is 0 Å². The predicted octanol–water partition coefficient (Wildman–Crippen LogP) is 2.75. The van der Waals surface area contributed by atoms with E-state index in [1.165, 1.54) is 24.3 Å². The highest BCUT2D eigenvalue weighted by Gasteiger charge is 2.37. The van der Waals surface area contributed by atoms with Gasteiger partial charge >= 0.3 is 0 Å². The summed E-state index contributed by atoms with van der Waals surface area (Å²) in [6.07, 6.45) is 0. The smallest absolute Gasteiger partial charge is 0.299 e. The fourth-order valence-corrected chi connectivity index (χ4v) is 4.05. The molecule has 9 nitrogen and oxygen atoms in total. The van der Waals surface area contributed by atoms with E-state index < -0.39 is 42.4 Å². The first-order chi connectivity index (χ1) is 17.4. The van der Waals surface area contributed by atoms with E-state index in [1.807, 2.05) is 0 Å². The van der Waals surface area contributed by atoms with Crippen LogP contribution < -0.4 is 19.7 Å². The van der Waals surface area contributed by atoms with E-state index in [1.54, 1.807) is 42.5 Å². The first-order valence-electron chi connectivity index (χ1n) is 11.1. The van der Waals surface area contributed by atoms with Crippen molar-refractivity contribution < 1.29 is 33.0 Å². The number of fused-ring (bicyclic) bond motifs is 2. The molecule has 2 heterocycles. The van der Waals surface area contributed by atoms with E-state index in [9.17, 15) is 23.6 Å². The van der Waals surface area contributed by atoms with Gasteiger partial charge in [-0.3, -0.25) is 24.1 Å². The minimum absolute atomic E-state index is 0.0818. The molecule has 0 fully saturated rings. The molecule has 5 rings (SSSR count). The van der Waals surface area contributed by atoms with E-state index in [0.717, 1.165) is 9.80 Å². The van der Waals surface area contributed by atoms with Gasteiger partial charge < -0.3 is 19.7 Å². The third-order valence-electron chi connectivity index (χ3n) is 5.83. The number of carbonyl (C=O) groups is 4. The minimum atomic E-state index is -0.833. The molecule has 3 aromatic carbocycles. The second-order valence-electron chi connectivity index (χ2n) is 8.19. The van der Waals surface area contributed by atoms with Crippen LogP contribution in [-0.2, 0) is 20.9 Å². The predicted molar refractivity (Wildman–Crippen MR) is 126 cm³/mol. The topological polar surface area (TPSA) is 105 Å². The van der Waals surface area contributed by atoms with Crippen molar-refractivity contribution in [3.63, 3.8) is 0 Å². The second-order valence-corrected chi connectivity index (χ2v) is 8.19. The zero-order valence-corrected chi connectivity index (χ0v) is 18.9. The van der Waals surface area contributed by atoms with Crippen LogP contribution in [0.5, 0.6) is 11.5 Å². The highest BCUT2D eigenvalue weighted by atomic mass is 19.1. The number of hydrogen-bond acceptors (Lipinski definition) is 6. The van der Waals surface area contributed by atoms with E-state index in [-0.39, 0.29) is 24.5 Å². The number of Topliss-reactive ketones (excluding diaryl/α,β-unsaturated/α-hetero) is 1. The molecule has 10 heteroatoms. The van der Waals surface area contributed by atoms with Crippen molar-refractivity contribution in [1.82, 2.24) is 4.90 Å². The molecular weight excluding hydrogens is 469 g/mol. The normalized spacial score (nSPS) is 13.5. The Morgan fingerprint density at radius 2 is 1.72 bits per heavy atom. The van der Waals surface area contributed by atoms with Crippen LogP contribution in [0.25, 0.3) is 0 Å². The van der Waals surface area contributed by atoms with Crippen LogP contribution >= 0.6 is 0 Å². The molecule has 182 valence electrons. The Morgan fingerprint density at radius 1 is 0.972 bits per heavy atom. The van der Waals surface area contributed by atoms with Crippen molar-refractivity contribution in [3.8, 4) is 11.5 Å². The number of halogens is 1. The number of carbonyl (C=O) groups excluding carboxylic acids is 4. The van der Waals surface area contributed by atoms with Crippen LogP contribution in [0.15, 0.2) is 66.7 Å². The number of amides is 3. The van der Waals surface area contributed by atoms with Crippen molar-refractivity contribution in [2.75, 3.05) is 30.1 Å². The van der Waals surface area contributed by atoms with Crippen LogP contribution in [0.2, 0.25) is 0 Å². The molecule has 2 aliphatic heterocycles. The number of anilines is 2. The molecule has 36 heavy (non-hydrogen) atoms. The Morgan fingerprint density at radius 3 is 2.56 bits per heavy atom. The molecule has 0 aromatic heterocycles. The van der Waals surface area contributed by atoms with Gasteiger partial charge in [-0.05, 0) is 30.3 Å². The molecule has 0 aliphatic carbocycles. The molecule has 0 radical (unpaired) electrons. The standard InChI is InChI=1S/C26H20FN3O6/c27-19-7-3-1-5-16(19)12-29(13-23(31)28-17-9-10-21-22(11-17)36-15-35-21)24(32)14-30-20-8-4-2-6-18(20)25(33)26(30)34/h1-11H,12-15H2,(H,28,31). The summed E-state index contributed by atoms with van der Waals surface area (Å²) in [5.74, 6) is -2.22. The zero-order chi connectivity index (χ0) is 25.2. The maximum Gasteiger partial charge on any atom is 0.299 e. The molecule has 3 amide bonds. The van der Waals surface area contributed by atoms with Gasteiger partial charge in [0.25, 0.3) is 11.7 Å². The van der Waals surface area contributed by atoms with Crippen LogP contribution in [-0.4, -0.2) is 48.3 Å². The number of nitrogens with one attached hydrogen (secondary N) is 1. The van der Waals surface area contributed by atoms with Gasteiger partial charge in [0.1, 0.15) is 18.9 Å². The van der Waals surface area contributed by atoms with E-state index in [0.29, 0.717) is 22.9 Å². The largest absolute Gasteiger partial charge is 0.454 e. The number of para-hydroxylation sites is 1. The van der Waals surface area contributed by atoms with Crippen LogP contribution in [0.1, 0.15) is 15.9 Å². The molecule has 0 unspecified atom stereocenters. The minimum Gasteiger partial charge on any atom is -0.454 e. The van der Waals surface area contributed by atoms with Crippen molar-refractivity contribution in [2.24, 2.45) is 0 Å². The quantitative estimate of drug-likeness (QED) is 0.512. The first kappa shape index (κ1) is 23.0. The first-order valence-corrected chi connectivity index (χ1v) is 11.1. The number of ether oxygens (including phenoxy) is 2. The summed E-state index contributed by atoms with van der Waals surface area (Å²) in [5.41, 5.74) is 1.15. The second kappa shape index (κ2) is 9.49. The third kappa shape index (κ3) is 4.48. The van der Waals surface area contributed by atoms with Gasteiger partial charge in [0, 0.05) is 23.9 Å². The lowest BCUT2D eigenvalue weighted by molar-refractivity contribution is -0.134. The van der Waals surface area contributed by atoms with Crippen LogP contribution in [0, 0.1) is 5.82 Å². The van der Waals surface area contributed by atoms with Gasteiger partial charge in [-0.25, -0.2) is 4.39 Å². The Bertz CT molecular complexity index is 1390. The molecule has 0 saturated heterocycles. The lowest BCUT2D eigenvalue weighted by Gasteiger charge is -2.25. The molecule has 0 bridgehead atoms. The average Bonchev–Trinajstić information content (AvgIpc) is 3.43. The molecule has 0 saturated carbocycles. The van der Waals surface area contributed by atoms with E-state index in [4.69, 9.17) is 9.47 Å². The Kier molecular flexibility index (Phi) is 6.07. The molecule has 3 aromatic rings. The van der Waals surface area contributed by atoms with Gasteiger partial charge in [-0.2, -0.15) is 0 Å². The summed E-state index contributed by atoms with van der Waals surface area (Å²) >= 11 is 0. The summed E-state index contributed by atoms with van der Waals surface area (Å²) in [7, 11) is 0. The Labute approximate surface area is 205 Å². The highest BCUT2D eigenvalue weighted by molar-refractivity contribution is 6.52. The third-order valence-corrected chi connectivity index (χ3v) is 5.83. The molecule has 0 spiro atoms. The molecule has 0 atom stereocenters. The highest BCUT2D eigenvalue weighted by Crippen LogP contribution is 2.34. The SMILES string of the molecule is O=C(CN(Cc1ccccc1F)C(=O)CN1C(=O)C(=O)c2ccccc21)Nc1ccc2c(c1)OCO2. The molecule has 2 aliphatic rings. The number of benzene rings is 3. The fraction of sp³-hybridized carbons (Fsp3) is 0.154. The number of nitrogens with zero attached hydrogens (tertiary/aromatic N) is 2. The van der Waals surface area contributed by atoms with Gasteiger partial charge in [-0.1, -0.05) is 30.3 Å². The number of hydrogen-bond donors (Lipinski definition) is 1. The van der Waals surface area contributed by atoms with Crippen molar-refractivity contribution in [3.05, 3.63) is 83.7 Å². The van der Waals surface area contributed by atoms with E-state index >= 15 is 0 Å². The van der Waals surface area contributed by atoms with E-state index in [2.05, 4.69) is 5.32 Å².